The van der Waals surface area contributed by atoms with Crippen LogP contribution in [0, 0.1) is 10.2 Å². The molecule has 6 heteroatoms. The van der Waals surface area contributed by atoms with Crippen molar-refractivity contribution < 1.29 is 19.0 Å². The number of nitriles is 1. The second-order valence-electron chi connectivity index (χ2n) is 3.90. The fourth-order valence-corrected chi connectivity index (χ4v) is 2.82. The summed E-state index contributed by atoms with van der Waals surface area (Å²) in [5, 5.41) is 9.07. The molecule has 5 nitrogen and oxygen atoms in total. The van der Waals surface area contributed by atoms with Crippen molar-refractivity contribution in [2.75, 3.05) is 0 Å². The summed E-state index contributed by atoms with van der Waals surface area (Å²) in [6.45, 7) is 3.54. The number of rotatable bonds is 2. The zero-order valence-corrected chi connectivity index (χ0v) is 10.1. The molecule has 0 unspecified atom stereocenters. The number of esters is 1. The number of hydrogen-bond donors (Lipinski definition) is 0. The first-order chi connectivity index (χ1) is 7.03. The molecule has 2 saturated heterocycles. The summed E-state index contributed by atoms with van der Waals surface area (Å²) in [6.07, 6.45) is -1.27. The first-order valence-corrected chi connectivity index (χ1v) is 6.67. The minimum absolute atomic E-state index is 0.171. The molecule has 2 aliphatic heterocycles. The standard InChI is InChI=1S/C9H11NO4Se/c1-9(2)13-6-5(3-15-4-10)12-8(11)7(6)14-9/h5-7H,3H2,1-2H3/t5-,6-,7-/m1/s1. The molecular weight excluding hydrogens is 265 g/mol. The molecule has 0 amide bonds. The SMILES string of the molecule is CC1(C)O[C@@H]2[C@@H](C[Se]C#N)OC(=O)[C@@H]2O1. The van der Waals surface area contributed by atoms with Crippen molar-refractivity contribution in [3.8, 4) is 4.97 Å². The van der Waals surface area contributed by atoms with Gasteiger partial charge in [-0.3, -0.25) is 0 Å². The Balaban J connectivity index is 2.06. The molecule has 0 aromatic heterocycles. The van der Waals surface area contributed by atoms with Crippen molar-refractivity contribution in [3.05, 3.63) is 0 Å². The van der Waals surface area contributed by atoms with Gasteiger partial charge in [0.2, 0.25) is 0 Å². The molecule has 0 bridgehead atoms. The van der Waals surface area contributed by atoms with E-state index in [0.29, 0.717) is 5.32 Å². The van der Waals surface area contributed by atoms with Crippen LogP contribution in [0.2, 0.25) is 5.32 Å². The van der Waals surface area contributed by atoms with E-state index in [0.717, 1.165) is 0 Å². The third kappa shape index (κ3) is 2.01. The van der Waals surface area contributed by atoms with Crippen LogP contribution in [0.5, 0.6) is 0 Å². The summed E-state index contributed by atoms with van der Waals surface area (Å²) in [5.41, 5.74) is 0. The van der Waals surface area contributed by atoms with E-state index in [1.165, 1.54) is 0 Å². The van der Waals surface area contributed by atoms with Gasteiger partial charge in [-0.2, -0.15) is 0 Å². The average Bonchev–Trinajstić information content (AvgIpc) is 2.60. The molecule has 2 rings (SSSR count). The molecule has 82 valence electrons. The average molecular weight is 276 g/mol. The molecule has 2 fully saturated rings. The number of nitrogens with zero attached hydrogens (tertiary/aromatic N) is 1. The molecule has 0 aliphatic carbocycles. The van der Waals surface area contributed by atoms with Gasteiger partial charge in [-0.15, -0.1) is 0 Å². The zero-order valence-electron chi connectivity index (χ0n) is 8.43. The Morgan fingerprint density at radius 3 is 2.93 bits per heavy atom. The zero-order chi connectivity index (χ0) is 11.1. The van der Waals surface area contributed by atoms with Gasteiger partial charge in [-0.25, -0.2) is 0 Å². The van der Waals surface area contributed by atoms with Crippen LogP contribution in [-0.4, -0.2) is 45.0 Å². The molecule has 2 aliphatic rings. The predicted molar refractivity (Wildman–Crippen MR) is 49.9 cm³/mol. The number of carbonyl (C=O) groups excluding carboxylic acids is 1. The second-order valence-corrected chi connectivity index (χ2v) is 5.59. The Labute approximate surface area is 93.8 Å². The first kappa shape index (κ1) is 10.9. The van der Waals surface area contributed by atoms with Gasteiger partial charge in [0.1, 0.15) is 0 Å². The summed E-state index contributed by atoms with van der Waals surface area (Å²) in [4.78, 5) is 13.5. The fourth-order valence-electron chi connectivity index (χ4n) is 1.77. The minimum atomic E-state index is -0.729. The molecule has 0 aromatic carbocycles. The normalized spacial score (nSPS) is 37.1. The van der Waals surface area contributed by atoms with Gasteiger partial charge in [-0.1, -0.05) is 0 Å². The first-order valence-electron chi connectivity index (χ1n) is 4.60. The summed E-state index contributed by atoms with van der Waals surface area (Å²) >= 11 is -0.171. The monoisotopic (exact) mass is 277 g/mol. The quantitative estimate of drug-likeness (QED) is 0.526. The molecular formula is C9H11NO4Se. The van der Waals surface area contributed by atoms with E-state index in [-0.39, 0.29) is 33.1 Å². The van der Waals surface area contributed by atoms with Gasteiger partial charge in [0, 0.05) is 0 Å². The summed E-state index contributed by atoms with van der Waals surface area (Å²) < 4.78 is 16.1. The summed E-state index contributed by atoms with van der Waals surface area (Å²) in [7, 11) is 0. The molecule has 0 aromatic rings. The van der Waals surface area contributed by atoms with Crippen LogP contribution in [0.1, 0.15) is 13.8 Å². The maximum atomic E-state index is 11.4. The van der Waals surface area contributed by atoms with Gasteiger partial charge in [0.15, 0.2) is 0 Å². The van der Waals surface area contributed by atoms with E-state index >= 15 is 0 Å². The van der Waals surface area contributed by atoms with E-state index in [1.807, 2.05) is 0 Å². The maximum absolute atomic E-state index is 11.4. The molecule has 2 heterocycles. The Morgan fingerprint density at radius 1 is 1.53 bits per heavy atom. The predicted octanol–water partition coefficient (Wildman–Crippen LogP) is 0.0355. The van der Waals surface area contributed by atoms with Crippen molar-refractivity contribution in [1.82, 2.24) is 0 Å². The summed E-state index contributed by atoms with van der Waals surface area (Å²) in [5.74, 6) is -1.10. The number of hydrogen-bond acceptors (Lipinski definition) is 5. The van der Waals surface area contributed by atoms with Crippen LogP contribution < -0.4 is 0 Å². The number of carbonyl (C=O) groups is 1. The van der Waals surface area contributed by atoms with E-state index in [2.05, 4.69) is 4.97 Å². The third-order valence-electron chi connectivity index (χ3n) is 2.31. The van der Waals surface area contributed by atoms with E-state index in [9.17, 15) is 4.79 Å². The Bertz CT molecular complexity index is 325. The van der Waals surface area contributed by atoms with Crippen LogP contribution in [0.15, 0.2) is 0 Å². The van der Waals surface area contributed by atoms with Crippen molar-refractivity contribution in [2.24, 2.45) is 0 Å². The van der Waals surface area contributed by atoms with Crippen molar-refractivity contribution in [1.29, 1.82) is 5.26 Å². The number of ether oxygens (including phenoxy) is 3. The van der Waals surface area contributed by atoms with Crippen molar-refractivity contribution in [2.45, 2.75) is 43.3 Å². The van der Waals surface area contributed by atoms with Gasteiger partial charge >= 0.3 is 93.4 Å². The molecule has 0 N–H and O–H groups in total. The second kappa shape index (κ2) is 3.76. The van der Waals surface area contributed by atoms with E-state index < -0.39 is 11.9 Å². The number of fused-ring (bicyclic) bond motifs is 1. The van der Waals surface area contributed by atoms with Crippen LogP contribution in [0.4, 0.5) is 0 Å². The van der Waals surface area contributed by atoms with Gasteiger partial charge < -0.3 is 0 Å². The summed E-state index contributed by atoms with van der Waals surface area (Å²) in [6, 6.07) is 0. The Hall–Kier alpha value is -0.601. The van der Waals surface area contributed by atoms with Crippen molar-refractivity contribution >= 4 is 20.9 Å². The molecule has 15 heavy (non-hydrogen) atoms. The van der Waals surface area contributed by atoms with Gasteiger partial charge in [0.05, 0.1) is 0 Å². The Morgan fingerprint density at radius 2 is 2.27 bits per heavy atom. The molecule has 3 atom stereocenters. The van der Waals surface area contributed by atoms with Crippen LogP contribution in [-0.2, 0) is 19.0 Å². The van der Waals surface area contributed by atoms with Gasteiger partial charge in [0.25, 0.3) is 0 Å². The molecule has 0 radical (unpaired) electrons. The number of cyclic esters (lactones) is 1. The van der Waals surface area contributed by atoms with Crippen molar-refractivity contribution in [3.63, 3.8) is 0 Å². The topological polar surface area (TPSA) is 68.5 Å². The van der Waals surface area contributed by atoms with Crippen LogP contribution in [0.3, 0.4) is 0 Å². The Kier molecular flexibility index (Phi) is 2.73. The van der Waals surface area contributed by atoms with E-state index in [1.54, 1.807) is 13.8 Å². The van der Waals surface area contributed by atoms with E-state index in [4.69, 9.17) is 19.5 Å². The van der Waals surface area contributed by atoms with Crippen LogP contribution >= 0.6 is 0 Å². The fraction of sp³-hybridized carbons (Fsp3) is 0.778. The molecule has 0 saturated carbocycles. The molecule has 0 spiro atoms. The third-order valence-corrected chi connectivity index (χ3v) is 3.62. The van der Waals surface area contributed by atoms with Crippen LogP contribution in [0.25, 0.3) is 0 Å². The van der Waals surface area contributed by atoms with Gasteiger partial charge in [-0.05, 0) is 0 Å².